The summed E-state index contributed by atoms with van der Waals surface area (Å²) in [5, 5.41) is 4.10. The number of ether oxygens (including phenoxy) is 1. The number of hydrogen-bond donors (Lipinski definition) is 2. The molecule has 3 N–H and O–H groups in total. The molecule has 0 unspecified atom stereocenters. The van der Waals surface area contributed by atoms with Gasteiger partial charge in [-0.1, -0.05) is 37.8 Å². The highest BCUT2D eigenvalue weighted by Crippen LogP contribution is 2.34. The summed E-state index contributed by atoms with van der Waals surface area (Å²) in [5.41, 5.74) is 13.8. The number of benzene rings is 2. The predicted molar refractivity (Wildman–Crippen MR) is 148 cm³/mol. The Morgan fingerprint density at radius 1 is 1.08 bits per heavy atom. The van der Waals surface area contributed by atoms with Crippen molar-refractivity contribution in [3.63, 3.8) is 0 Å². The van der Waals surface area contributed by atoms with Crippen LogP contribution in [0.4, 0.5) is 17.5 Å². The second-order valence-electron chi connectivity index (χ2n) is 10.5. The van der Waals surface area contributed by atoms with Crippen LogP contribution in [0.25, 0.3) is 33.3 Å². The van der Waals surface area contributed by atoms with Crippen LogP contribution in [0.15, 0.2) is 53.3 Å². The van der Waals surface area contributed by atoms with Crippen LogP contribution in [0, 0.1) is 13.8 Å². The van der Waals surface area contributed by atoms with Crippen molar-refractivity contribution in [3.05, 3.63) is 60.0 Å². The van der Waals surface area contributed by atoms with Crippen molar-refractivity contribution in [3.8, 4) is 11.1 Å². The lowest BCUT2D eigenvalue weighted by molar-refractivity contribution is 0.0899. The van der Waals surface area contributed by atoms with E-state index in [0.29, 0.717) is 18.6 Å². The third-order valence-corrected chi connectivity index (χ3v) is 7.88. The summed E-state index contributed by atoms with van der Waals surface area (Å²) in [5.74, 6) is 0.454. The number of nitrogens with zero attached hydrogens (tertiary/aromatic N) is 4. The highest BCUT2D eigenvalue weighted by Gasteiger charge is 2.17. The minimum Gasteiger partial charge on any atom is -0.423 e. The van der Waals surface area contributed by atoms with Crippen molar-refractivity contribution < 1.29 is 9.15 Å². The average molecular weight is 501 g/mol. The molecule has 5 rings (SSSR count). The van der Waals surface area contributed by atoms with E-state index in [0.717, 1.165) is 62.7 Å². The fraction of sp³-hybridized carbons (Fsp3) is 0.296. The fourth-order valence-electron chi connectivity index (χ4n) is 4.29. The van der Waals surface area contributed by atoms with Gasteiger partial charge >= 0.3 is 0 Å². The molecule has 3 aromatic heterocycles. The molecule has 0 amide bonds. The van der Waals surface area contributed by atoms with E-state index >= 15 is 0 Å². The van der Waals surface area contributed by atoms with Gasteiger partial charge in [-0.2, -0.15) is 4.98 Å². The van der Waals surface area contributed by atoms with Gasteiger partial charge in [0.25, 0.3) is 6.01 Å². The number of aromatic nitrogens is 4. The van der Waals surface area contributed by atoms with E-state index in [1.165, 1.54) is 6.33 Å². The van der Waals surface area contributed by atoms with Crippen LogP contribution in [0.1, 0.15) is 11.1 Å². The van der Waals surface area contributed by atoms with Crippen LogP contribution in [0.3, 0.4) is 0 Å². The van der Waals surface area contributed by atoms with Crippen molar-refractivity contribution in [1.82, 2.24) is 19.5 Å². The van der Waals surface area contributed by atoms with E-state index in [1.54, 1.807) is 0 Å². The first-order chi connectivity index (χ1) is 17.2. The molecule has 0 fully saturated rings. The Kier molecular flexibility index (Phi) is 6.27. The number of rotatable bonds is 8. The SMILES string of the molecule is Cc1cc(C)c2oc(Nc3ccc(-c4cn(COCC[Si](C)(C)C)c5ncnc(N)c45)cc3)nc2c1. The quantitative estimate of drug-likeness (QED) is 0.185. The normalized spacial score (nSPS) is 12.0. The number of oxazole rings is 1. The Morgan fingerprint density at radius 3 is 2.61 bits per heavy atom. The lowest BCUT2D eigenvalue weighted by atomic mass is 10.1. The number of hydrogen-bond acceptors (Lipinski definition) is 7. The van der Waals surface area contributed by atoms with Gasteiger partial charge in [0.1, 0.15) is 30.0 Å². The number of nitrogens with two attached hydrogens (primary N) is 1. The highest BCUT2D eigenvalue weighted by atomic mass is 28.3. The maximum Gasteiger partial charge on any atom is 0.300 e. The van der Waals surface area contributed by atoms with Crippen LogP contribution in [-0.2, 0) is 11.5 Å². The van der Waals surface area contributed by atoms with E-state index in [2.05, 4.69) is 52.9 Å². The standard InChI is InChI=1S/C27H32N6O2Si/c1-17-12-18(2)24-22(13-17)32-27(35-24)31-20-8-6-19(7-9-20)21-14-33(16-34-10-11-36(3,4)5)26-23(21)25(28)29-15-30-26/h6-9,12-15H,10-11,16H2,1-5H3,(H,31,32)(H2,28,29,30). The van der Waals surface area contributed by atoms with Crippen LogP contribution < -0.4 is 11.1 Å². The summed E-state index contributed by atoms with van der Waals surface area (Å²) < 4.78 is 13.9. The number of aryl methyl sites for hydroxylation is 2. The monoisotopic (exact) mass is 500 g/mol. The molecule has 0 spiro atoms. The van der Waals surface area contributed by atoms with Gasteiger partial charge in [0.2, 0.25) is 0 Å². The van der Waals surface area contributed by atoms with Gasteiger partial charge in [-0.25, -0.2) is 9.97 Å². The highest BCUT2D eigenvalue weighted by molar-refractivity contribution is 6.76. The van der Waals surface area contributed by atoms with Crippen LogP contribution in [-0.4, -0.2) is 34.2 Å². The Hall–Kier alpha value is -3.69. The first-order valence-electron chi connectivity index (χ1n) is 12.1. The second-order valence-corrected chi connectivity index (χ2v) is 16.1. The molecular formula is C27H32N6O2Si. The van der Waals surface area contributed by atoms with Gasteiger partial charge in [0, 0.05) is 32.1 Å². The fourth-order valence-corrected chi connectivity index (χ4v) is 5.05. The molecule has 3 heterocycles. The van der Waals surface area contributed by atoms with Crippen molar-refractivity contribution in [1.29, 1.82) is 0 Å². The van der Waals surface area contributed by atoms with E-state index < -0.39 is 8.07 Å². The molecule has 186 valence electrons. The summed E-state index contributed by atoms with van der Waals surface area (Å²) >= 11 is 0. The Balaban J connectivity index is 1.39. The molecule has 0 aliphatic rings. The predicted octanol–water partition coefficient (Wildman–Crippen LogP) is 6.49. The zero-order chi connectivity index (χ0) is 25.4. The van der Waals surface area contributed by atoms with Gasteiger partial charge < -0.3 is 24.8 Å². The third kappa shape index (κ3) is 4.98. The summed E-state index contributed by atoms with van der Waals surface area (Å²) in [6.07, 6.45) is 3.54. The molecule has 8 nitrogen and oxygen atoms in total. The molecule has 0 bridgehead atoms. The van der Waals surface area contributed by atoms with Gasteiger partial charge in [-0.05, 0) is 54.8 Å². The molecule has 0 saturated heterocycles. The molecule has 0 radical (unpaired) electrons. The molecule has 0 aliphatic carbocycles. The van der Waals surface area contributed by atoms with Crippen LogP contribution in [0.2, 0.25) is 25.7 Å². The number of nitrogen functional groups attached to an aromatic ring is 1. The van der Waals surface area contributed by atoms with Crippen LogP contribution in [0.5, 0.6) is 0 Å². The summed E-state index contributed by atoms with van der Waals surface area (Å²) in [4.78, 5) is 13.3. The molecule has 0 aliphatic heterocycles. The van der Waals surface area contributed by atoms with Gasteiger partial charge in [0.15, 0.2) is 5.58 Å². The summed E-state index contributed by atoms with van der Waals surface area (Å²) in [7, 11) is -1.15. The molecule has 36 heavy (non-hydrogen) atoms. The maximum absolute atomic E-state index is 6.28. The first kappa shape index (κ1) is 24.0. The topological polar surface area (TPSA) is 104 Å². The van der Waals surface area contributed by atoms with Gasteiger partial charge in [-0.15, -0.1) is 0 Å². The Morgan fingerprint density at radius 2 is 1.86 bits per heavy atom. The van der Waals surface area contributed by atoms with E-state index in [-0.39, 0.29) is 0 Å². The van der Waals surface area contributed by atoms with Crippen molar-refractivity contribution in [2.45, 2.75) is 46.3 Å². The molecule has 0 atom stereocenters. The molecule has 2 aromatic carbocycles. The maximum atomic E-state index is 6.28. The van der Waals surface area contributed by atoms with Gasteiger partial charge in [0.05, 0.1) is 5.39 Å². The lowest BCUT2D eigenvalue weighted by Crippen LogP contribution is -2.22. The molecule has 9 heteroatoms. The van der Waals surface area contributed by atoms with E-state index in [4.69, 9.17) is 14.9 Å². The third-order valence-electron chi connectivity index (χ3n) is 6.18. The lowest BCUT2D eigenvalue weighted by Gasteiger charge is -2.15. The summed E-state index contributed by atoms with van der Waals surface area (Å²) in [6, 6.07) is 13.8. The number of anilines is 3. The van der Waals surface area contributed by atoms with Crippen molar-refractivity contribution in [2.24, 2.45) is 0 Å². The van der Waals surface area contributed by atoms with E-state index in [1.807, 2.05) is 48.0 Å². The molecule has 0 saturated carbocycles. The number of fused-ring (bicyclic) bond motifs is 2. The van der Waals surface area contributed by atoms with Crippen molar-refractivity contribution >= 4 is 47.7 Å². The van der Waals surface area contributed by atoms with Crippen molar-refractivity contribution in [2.75, 3.05) is 17.7 Å². The Bertz CT molecular complexity index is 1530. The zero-order valence-corrected chi connectivity index (χ0v) is 22.4. The molecule has 5 aromatic rings. The van der Waals surface area contributed by atoms with Gasteiger partial charge in [-0.3, -0.25) is 0 Å². The molecular weight excluding hydrogens is 468 g/mol. The smallest absolute Gasteiger partial charge is 0.300 e. The zero-order valence-electron chi connectivity index (χ0n) is 21.4. The largest absolute Gasteiger partial charge is 0.423 e. The summed E-state index contributed by atoms with van der Waals surface area (Å²) in [6.45, 7) is 12.3. The second kappa shape index (κ2) is 9.40. The Labute approximate surface area is 211 Å². The average Bonchev–Trinajstić information content (AvgIpc) is 3.39. The van der Waals surface area contributed by atoms with E-state index in [9.17, 15) is 0 Å². The minimum absolute atomic E-state index is 0.424. The van der Waals surface area contributed by atoms with Crippen LogP contribution >= 0.6 is 0 Å². The minimum atomic E-state index is -1.15. The first-order valence-corrected chi connectivity index (χ1v) is 15.8. The number of nitrogens with one attached hydrogen (secondary N) is 1.